The molecule has 3 aromatic rings. The molecule has 0 aliphatic carbocycles. The number of anilines is 1. The van der Waals surface area contributed by atoms with Gasteiger partial charge >= 0.3 is 12.4 Å². The van der Waals surface area contributed by atoms with E-state index in [-0.39, 0.29) is 17.2 Å². The van der Waals surface area contributed by atoms with Gasteiger partial charge < -0.3 is 20.7 Å². The van der Waals surface area contributed by atoms with Crippen LogP contribution in [0.2, 0.25) is 0 Å². The standard InChI is InChI=1S/C35H39F6N5O2S/c1-6-19-18-46-12-10-20(19)13-28(46)29(25-9-11-42-27-8-7-24(48-5)17-26(25)27)44-31(47)30(33(2,3)4)45-32(49)43-23-15-21(34(36,37)38)14-22(16-23)35(39,40)41/h6-9,11,14-17,19-20,28-30H,1,10,12-13,18H2,2-5H3,(H,44,47)(H2,43,45,49)/t19-,20-,28+,29+,30+/m0/s1. The van der Waals surface area contributed by atoms with Crippen LogP contribution < -0.4 is 20.7 Å². The lowest BCUT2D eigenvalue weighted by atomic mass is 9.73. The molecule has 0 radical (unpaired) electrons. The predicted molar refractivity (Wildman–Crippen MR) is 180 cm³/mol. The van der Waals surface area contributed by atoms with E-state index in [1.165, 1.54) is 0 Å². The highest BCUT2D eigenvalue weighted by Gasteiger charge is 2.45. The second-order valence-electron chi connectivity index (χ2n) is 13.7. The van der Waals surface area contributed by atoms with E-state index in [9.17, 15) is 31.1 Å². The molecule has 1 aromatic heterocycles. The monoisotopic (exact) mass is 707 g/mol. The maximum Gasteiger partial charge on any atom is 0.416 e. The number of alkyl halides is 6. The first-order valence-electron chi connectivity index (χ1n) is 15.9. The Kier molecular flexibility index (Phi) is 10.2. The molecule has 3 fully saturated rings. The number of carbonyl (C=O) groups is 1. The number of amides is 1. The molecule has 0 spiro atoms. The van der Waals surface area contributed by atoms with Crippen LogP contribution in [0.4, 0.5) is 32.0 Å². The molecule has 1 unspecified atom stereocenters. The summed E-state index contributed by atoms with van der Waals surface area (Å²) in [6.45, 7) is 11.0. The first kappa shape index (κ1) is 36.4. The normalized spacial score (nSPS) is 22.2. The van der Waals surface area contributed by atoms with Gasteiger partial charge in [0.1, 0.15) is 11.8 Å². The minimum Gasteiger partial charge on any atom is -0.497 e. The molecule has 7 nitrogen and oxygen atoms in total. The molecule has 49 heavy (non-hydrogen) atoms. The molecular formula is C35H39F6N5O2S. The summed E-state index contributed by atoms with van der Waals surface area (Å²) >= 11 is 5.36. The molecule has 2 bridgehead atoms. The lowest BCUT2D eigenvalue weighted by Crippen LogP contribution is -2.60. The maximum absolute atomic E-state index is 14.3. The van der Waals surface area contributed by atoms with Crippen molar-refractivity contribution < 1.29 is 35.9 Å². The lowest BCUT2D eigenvalue weighted by Gasteiger charge is -2.52. The minimum absolute atomic E-state index is 0.0385. The van der Waals surface area contributed by atoms with Crippen LogP contribution in [0, 0.1) is 17.3 Å². The second kappa shape index (κ2) is 13.8. The average Bonchev–Trinajstić information content (AvgIpc) is 3.04. The highest BCUT2D eigenvalue weighted by molar-refractivity contribution is 7.80. The molecule has 6 rings (SSSR count). The van der Waals surface area contributed by atoms with E-state index >= 15 is 0 Å². The van der Waals surface area contributed by atoms with E-state index < -0.39 is 52.6 Å². The summed E-state index contributed by atoms with van der Waals surface area (Å²) in [5.41, 5.74) is -2.75. The Balaban J connectivity index is 1.47. The van der Waals surface area contributed by atoms with Crippen molar-refractivity contribution in [2.24, 2.45) is 17.3 Å². The van der Waals surface area contributed by atoms with E-state index in [1.807, 2.05) is 30.3 Å². The fourth-order valence-corrected chi connectivity index (χ4v) is 7.12. The maximum atomic E-state index is 14.3. The summed E-state index contributed by atoms with van der Waals surface area (Å²) in [6.07, 6.45) is -4.57. The third kappa shape index (κ3) is 8.12. The summed E-state index contributed by atoms with van der Waals surface area (Å²) in [5.74, 6) is 0.893. The molecule has 3 aliphatic heterocycles. The summed E-state index contributed by atoms with van der Waals surface area (Å²) in [6, 6.07) is 6.90. The number of hydrogen-bond acceptors (Lipinski definition) is 5. The van der Waals surface area contributed by atoms with Crippen molar-refractivity contribution in [2.75, 3.05) is 25.5 Å². The van der Waals surface area contributed by atoms with Crippen LogP contribution in [0.15, 0.2) is 61.3 Å². The number of halogens is 6. The van der Waals surface area contributed by atoms with Gasteiger partial charge in [0.25, 0.3) is 0 Å². The highest BCUT2D eigenvalue weighted by atomic mass is 32.1. The molecule has 3 aliphatic rings. The van der Waals surface area contributed by atoms with Crippen LogP contribution in [0.3, 0.4) is 0 Å². The molecule has 2 aromatic carbocycles. The number of carbonyl (C=O) groups excluding carboxylic acids is 1. The van der Waals surface area contributed by atoms with E-state index in [2.05, 4.69) is 32.4 Å². The largest absolute Gasteiger partial charge is 0.497 e. The van der Waals surface area contributed by atoms with Crippen molar-refractivity contribution in [1.82, 2.24) is 20.5 Å². The van der Waals surface area contributed by atoms with Gasteiger partial charge in [-0.15, -0.1) is 6.58 Å². The van der Waals surface area contributed by atoms with E-state index in [4.69, 9.17) is 17.0 Å². The number of hydrogen-bond donors (Lipinski definition) is 3. The topological polar surface area (TPSA) is 78.5 Å². The molecule has 264 valence electrons. The number of rotatable bonds is 8. The van der Waals surface area contributed by atoms with Crippen LogP contribution in [-0.2, 0) is 17.1 Å². The number of fused-ring (bicyclic) bond motifs is 4. The highest BCUT2D eigenvalue weighted by Crippen LogP contribution is 2.43. The van der Waals surface area contributed by atoms with Crippen LogP contribution in [0.25, 0.3) is 10.9 Å². The van der Waals surface area contributed by atoms with Crippen molar-refractivity contribution in [3.63, 3.8) is 0 Å². The SMILES string of the molecule is C=C[C@H]1CN2CC[C@H]1C[C@@H]2[C@H](NC(=O)[C@@H](NC(=S)Nc1cc(C(F)(F)F)cc(C(F)(F)F)c1)C(C)(C)C)c1ccnc2ccc(OC)cc12. The number of piperidine rings is 3. The van der Waals surface area contributed by atoms with E-state index in [1.54, 1.807) is 34.1 Å². The second-order valence-corrected chi connectivity index (χ2v) is 14.1. The van der Waals surface area contributed by atoms with Crippen molar-refractivity contribution in [3.05, 3.63) is 78.0 Å². The van der Waals surface area contributed by atoms with Gasteiger partial charge in [-0.05, 0) is 96.9 Å². The zero-order valence-electron chi connectivity index (χ0n) is 27.5. The average molecular weight is 708 g/mol. The third-order valence-corrected chi connectivity index (χ3v) is 9.62. The fourth-order valence-electron chi connectivity index (χ4n) is 6.89. The van der Waals surface area contributed by atoms with Gasteiger partial charge in [-0.1, -0.05) is 26.8 Å². The minimum atomic E-state index is -5.03. The molecule has 14 heteroatoms. The van der Waals surface area contributed by atoms with Crippen molar-refractivity contribution in [2.45, 2.75) is 64.1 Å². The number of thiocarbonyl (C=S) groups is 1. The number of benzene rings is 2. The van der Waals surface area contributed by atoms with Gasteiger partial charge in [-0.2, -0.15) is 26.3 Å². The summed E-state index contributed by atoms with van der Waals surface area (Å²) < 4.78 is 86.4. The smallest absolute Gasteiger partial charge is 0.416 e. The van der Waals surface area contributed by atoms with Crippen molar-refractivity contribution in [1.29, 1.82) is 0 Å². The van der Waals surface area contributed by atoms with E-state index in [0.29, 0.717) is 35.2 Å². The predicted octanol–water partition coefficient (Wildman–Crippen LogP) is 7.74. The molecular weight excluding hydrogens is 668 g/mol. The number of ether oxygens (including phenoxy) is 1. The molecule has 6 atom stereocenters. The lowest BCUT2D eigenvalue weighted by molar-refractivity contribution is -0.143. The zero-order chi connectivity index (χ0) is 35.9. The van der Waals surface area contributed by atoms with Crippen LogP contribution in [0.5, 0.6) is 5.75 Å². The Morgan fingerprint density at radius 3 is 2.27 bits per heavy atom. The molecule has 4 heterocycles. The fraction of sp³-hybridized carbons (Fsp3) is 0.457. The quantitative estimate of drug-likeness (QED) is 0.126. The first-order valence-corrected chi connectivity index (χ1v) is 16.3. The molecule has 3 N–H and O–H groups in total. The van der Waals surface area contributed by atoms with Crippen LogP contribution in [-0.4, -0.2) is 53.2 Å². The Morgan fingerprint density at radius 1 is 1.04 bits per heavy atom. The number of aromatic nitrogens is 1. The number of nitrogens with zero attached hydrogens (tertiary/aromatic N) is 2. The summed E-state index contributed by atoms with van der Waals surface area (Å²) in [4.78, 5) is 21.2. The van der Waals surface area contributed by atoms with Gasteiger partial charge in [0.2, 0.25) is 5.91 Å². The number of pyridine rings is 1. The summed E-state index contributed by atoms with van der Waals surface area (Å²) in [7, 11) is 1.57. The van der Waals surface area contributed by atoms with Gasteiger partial charge in [0.15, 0.2) is 5.11 Å². The number of methoxy groups -OCH3 is 1. The van der Waals surface area contributed by atoms with Gasteiger partial charge in [0.05, 0.1) is 29.8 Å². The Bertz CT molecular complexity index is 1690. The Labute approximate surface area is 286 Å². The van der Waals surface area contributed by atoms with E-state index in [0.717, 1.165) is 36.9 Å². The Morgan fingerprint density at radius 2 is 1.71 bits per heavy atom. The Hall–Kier alpha value is -3.91. The van der Waals surface area contributed by atoms with Gasteiger partial charge in [0, 0.05) is 29.9 Å². The molecule has 3 saturated heterocycles. The van der Waals surface area contributed by atoms with Crippen molar-refractivity contribution >= 4 is 39.8 Å². The van der Waals surface area contributed by atoms with Crippen LogP contribution >= 0.6 is 12.2 Å². The molecule has 0 saturated carbocycles. The van der Waals surface area contributed by atoms with Gasteiger partial charge in [-0.25, -0.2) is 0 Å². The first-order chi connectivity index (χ1) is 22.9. The third-order valence-electron chi connectivity index (χ3n) is 9.40. The molecule has 1 amide bonds. The van der Waals surface area contributed by atoms with Gasteiger partial charge in [-0.3, -0.25) is 14.7 Å². The summed E-state index contributed by atoms with van der Waals surface area (Å²) in [5, 5.41) is 9.07. The number of nitrogens with one attached hydrogen (secondary N) is 3. The van der Waals surface area contributed by atoms with Crippen LogP contribution in [0.1, 0.15) is 56.3 Å². The zero-order valence-corrected chi connectivity index (χ0v) is 28.3. The van der Waals surface area contributed by atoms with Crippen molar-refractivity contribution in [3.8, 4) is 5.75 Å².